The second-order valence-corrected chi connectivity index (χ2v) is 3.75. The van der Waals surface area contributed by atoms with E-state index in [-0.39, 0.29) is 0 Å². The minimum atomic E-state index is 1.08. The van der Waals surface area contributed by atoms with E-state index in [4.69, 9.17) is 0 Å². The molecule has 0 aliphatic rings. The van der Waals surface area contributed by atoms with E-state index < -0.39 is 0 Å². The summed E-state index contributed by atoms with van der Waals surface area (Å²) in [6.07, 6.45) is 1.20. The second-order valence-electron chi connectivity index (χ2n) is 2.96. The first kappa shape index (κ1) is 10.6. The zero-order valence-corrected chi connectivity index (χ0v) is 9.63. The van der Waals surface area contributed by atoms with Gasteiger partial charge >= 0.3 is 0 Å². The minimum absolute atomic E-state index is 1.08. The molecule has 0 fully saturated rings. The van der Waals surface area contributed by atoms with Crippen LogP contribution in [0.5, 0.6) is 0 Å². The van der Waals surface area contributed by atoms with E-state index in [0.717, 1.165) is 18.4 Å². The Hall–Kier alpha value is -0.500. The van der Waals surface area contributed by atoms with Crippen LogP contribution in [0, 0.1) is 0 Å². The van der Waals surface area contributed by atoms with Gasteiger partial charge < -0.3 is 4.90 Å². The molecule has 0 saturated heterocycles. The Bertz CT molecular complexity index is 223. The highest BCUT2D eigenvalue weighted by molar-refractivity contribution is 9.09. The number of para-hydroxylation sites is 1. The van der Waals surface area contributed by atoms with Crippen LogP contribution in [0.1, 0.15) is 13.3 Å². The Labute approximate surface area is 88.9 Å². The average molecular weight is 242 g/mol. The molecule has 2 heteroatoms. The van der Waals surface area contributed by atoms with Gasteiger partial charge in [-0.2, -0.15) is 0 Å². The number of alkyl halides is 1. The summed E-state index contributed by atoms with van der Waals surface area (Å²) in [5.41, 5.74) is 1.32. The smallest absolute Gasteiger partial charge is 0.0366 e. The van der Waals surface area contributed by atoms with Crippen LogP contribution in [0.25, 0.3) is 0 Å². The lowest BCUT2D eigenvalue weighted by molar-refractivity contribution is 0.799. The predicted molar refractivity (Wildman–Crippen MR) is 62.7 cm³/mol. The van der Waals surface area contributed by atoms with Crippen LogP contribution >= 0.6 is 15.9 Å². The summed E-state index contributed by atoms with van der Waals surface area (Å²) in [6.45, 7) is 4.41. The van der Waals surface area contributed by atoms with Gasteiger partial charge in [0.2, 0.25) is 0 Å². The van der Waals surface area contributed by atoms with Crippen LogP contribution in [0.2, 0.25) is 0 Å². The molecule has 72 valence electrons. The Balaban J connectivity index is 2.56. The number of benzene rings is 1. The van der Waals surface area contributed by atoms with Crippen LogP contribution in [0.3, 0.4) is 0 Å². The normalized spacial score (nSPS) is 10.0. The van der Waals surface area contributed by atoms with Gasteiger partial charge in [-0.25, -0.2) is 0 Å². The van der Waals surface area contributed by atoms with Crippen LogP contribution in [-0.4, -0.2) is 18.4 Å². The second kappa shape index (κ2) is 6.03. The summed E-state index contributed by atoms with van der Waals surface area (Å²) in [7, 11) is 0. The van der Waals surface area contributed by atoms with Crippen molar-refractivity contribution >= 4 is 21.6 Å². The SMILES string of the molecule is CCN(CCCBr)c1ccccc1. The molecule has 1 rings (SSSR count). The molecule has 0 saturated carbocycles. The van der Waals surface area contributed by atoms with Gasteiger partial charge in [0.1, 0.15) is 0 Å². The van der Waals surface area contributed by atoms with Crippen LogP contribution in [0.15, 0.2) is 30.3 Å². The molecule has 1 nitrogen and oxygen atoms in total. The highest BCUT2D eigenvalue weighted by atomic mass is 79.9. The van der Waals surface area contributed by atoms with Crippen LogP contribution in [-0.2, 0) is 0 Å². The highest BCUT2D eigenvalue weighted by Gasteiger charge is 2.01. The topological polar surface area (TPSA) is 3.24 Å². The molecule has 1 aromatic rings. The lowest BCUT2D eigenvalue weighted by Gasteiger charge is -2.22. The van der Waals surface area contributed by atoms with Gasteiger partial charge in [-0.05, 0) is 25.5 Å². The lowest BCUT2D eigenvalue weighted by Crippen LogP contribution is -2.23. The fraction of sp³-hybridized carbons (Fsp3) is 0.455. The fourth-order valence-corrected chi connectivity index (χ4v) is 1.61. The number of nitrogens with zero attached hydrogens (tertiary/aromatic N) is 1. The summed E-state index contributed by atoms with van der Waals surface area (Å²) < 4.78 is 0. The van der Waals surface area contributed by atoms with Gasteiger partial charge in [0.15, 0.2) is 0 Å². The van der Waals surface area contributed by atoms with Crippen molar-refractivity contribution in [3.63, 3.8) is 0 Å². The Morgan fingerprint density at radius 1 is 1.23 bits per heavy atom. The zero-order valence-electron chi connectivity index (χ0n) is 8.04. The van der Waals surface area contributed by atoms with Crippen molar-refractivity contribution in [1.82, 2.24) is 0 Å². The molecule has 0 aliphatic heterocycles. The summed E-state index contributed by atoms with van der Waals surface area (Å²) in [5.74, 6) is 0. The van der Waals surface area contributed by atoms with Crippen LogP contribution in [0.4, 0.5) is 5.69 Å². The first-order valence-corrected chi connectivity index (χ1v) is 5.86. The molecule has 0 bridgehead atoms. The first-order valence-electron chi connectivity index (χ1n) is 4.74. The van der Waals surface area contributed by atoms with Crippen molar-refractivity contribution in [3.8, 4) is 0 Å². The molecule has 0 heterocycles. The monoisotopic (exact) mass is 241 g/mol. The summed E-state index contributed by atoms with van der Waals surface area (Å²) in [6, 6.07) is 10.6. The maximum Gasteiger partial charge on any atom is 0.0366 e. The van der Waals surface area contributed by atoms with Crippen molar-refractivity contribution in [3.05, 3.63) is 30.3 Å². The van der Waals surface area contributed by atoms with E-state index in [1.54, 1.807) is 0 Å². The largest absolute Gasteiger partial charge is 0.372 e. The van der Waals surface area contributed by atoms with Gasteiger partial charge in [0.25, 0.3) is 0 Å². The van der Waals surface area contributed by atoms with E-state index in [1.807, 2.05) is 0 Å². The van der Waals surface area contributed by atoms with Gasteiger partial charge in [-0.1, -0.05) is 34.1 Å². The molecule has 0 radical (unpaired) electrons. The Kier molecular flexibility index (Phi) is 4.91. The standard InChI is InChI=1S/C11H16BrN/c1-2-13(10-6-9-12)11-7-4-3-5-8-11/h3-5,7-8H,2,6,9-10H2,1H3. The maximum atomic E-state index is 3.45. The van der Waals surface area contributed by atoms with E-state index in [9.17, 15) is 0 Å². The third-order valence-corrected chi connectivity index (χ3v) is 2.63. The van der Waals surface area contributed by atoms with Crippen molar-refractivity contribution in [1.29, 1.82) is 0 Å². The quantitative estimate of drug-likeness (QED) is 0.716. The zero-order chi connectivity index (χ0) is 9.52. The predicted octanol–water partition coefficient (Wildman–Crippen LogP) is 3.30. The van der Waals surface area contributed by atoms with Gasteiger partial charge in [0.05, 0.1) is 0 Å². The van der Waals surface area contributed by atoms with E-state index >= 15 is 0 Å². The maximum absolute atomic E-state index is 3.45. The van der Waals surface area contributed by atoms with Crippen molar-refractivity contribution in [2.24, 2.45) is 0 Å². The van der Waals surface area contributed by atoms with Crippen molar-refractivity contribution < 1.29 is 0 Å². The molecular formula is C11H16BrN. The molecule has 0 atom stereocenters. The number of rotatable bonds is 5. The molecule has 0 unspecified atom stereocenters. The third kappa shape index (κ3) is 3.39. The molecule has 0 N–H and O–H groups in total. The molecule has 0 aromatic heterocycles. The van der Waals surface area contributed by atoms with Gasteiger partial charge in [-0.3, -0.25) is 0 Å². The van der Waals surface area contributed by atoms with Gasteiger partial charge in [0, 0.05) is 24.1 Å². The van der Waals surface area contributed by atoms with Crippen molar-refractivity contribution in [2.75, 3.05) is 23.3 Å². The van der Waals surface area contributed by atoms with Crippen molar-refractivity contribution in [2.45, 2.75) is 13.3 Å². The average Bonchev–Trinajstić information content (AvgIpc) is 2.21. The fourth-order valence-electron chi connectivity index (χ4n) is 1.36. The molecule has 0 amide bonds. The molecule has 13 heavy (non-hydrogen) atoms. The molecular weight excluding hydrogens is 226 g/mol. The van der Waals surface area contributed by atoms with Gasteiger partial charge in [-0.15, -0.1) is 0 Å². The Morgan fingerprint density at radius 3 is 2.46 bits per heavy atom. The third-order valence-electron chi connectivity index (χ3n) is 2.06. The number of halogens is 1. The van der Waals surface area contributed by atoms with E-state index in [0.29, 0.717) is 0 Å². The molecule has 1 aromatic carbocycles. The van der Waals surface area contributed by atoms with E-state index in [2.05, 4.69) is 58.1 Å². The molecule has 0 spiro atoms. The Morgan fingerprint density at radius 2 is 1.92 bits per heavy atom. The number of anilines is 1. The number of hydrogen-bond acceptors (Lipinski definition) is 1. The molecule has 0 aliphatic carbocycles. The highest BCUT2D eigenvalue weighted by Crippen LogP contribution is 2.12. The summed E-state index contributed by atoms with van der Waals surface area (Å²) >= 11 is 3.45. The van der Waals surface area contributed by atoms with E-state index in [1.165, 1.54) is 12.1 Å². The first-order chi connectivity index (χ1) is 6.38. The lowest BCUT2D eigenvalue weighted by atomic mass is 10.3. The minimum Gasteiger partial charge on any atom is -0.372 e. The van der Waals surface area contributed by atoms with Crippen LogP contribution < -0.4 is 4.90 Å². The summed E-state index contributed by atoms with van der Waals surface area (Å²) in [5, 5.41) is 1.08. The summed E-state index contributed by atoms with van der Waals surface area (Å²) in [4.78, 5) is 2.39. The number of hydrogen-bond donors (Lipinski definition) is 0.